The highest BCUT2D eigenvalue weighted by Crippen LogP contribution is 2.41. The maximum atomic E-state index is 14.0. The van der Waals surface area contributed by atoms with Crippen LogP contribution in [0.15, 0.2) is 12.1 Å². The van der Waals surface area contributed by atoms with Gasteiger partial charge in [0.2, 0.25) is 0 Å². The average molecular weight is 283 g/mol. The maximum absolute atomic E-state index is 14.0. The second kappa shape index (κ2) is 4.70. The Bertz CT molecular complexity index is 540. The summed E-state index contributed by atoms with van der Waals surface area (Å²) in [5.74, 6) is -2.78. The Morgan fingerprint density at radius 2 is 1.85 bits per heavy atom. The molecular formula is C14H15F2NO3. The molecule has 0 amide bonds. The van der Waals surface area contributed by atoms with E-state index >= 15 is 0 Å². The molecule has 2 N–H and O–H groups in total. The van der Waals surface area contributed by atoms with Crippen molar-refractivity contribution in [1.29, 1.82) is 0 Å². The minimum Gasteiger partial charge on any atom is -0.478 e. The highest BCUT2D eigenvalue weighted by atomic mass is 19.1. The number of carboxylic acids is 1. The number of aliphatic hydroxyl groups excluding tert-OH is 1. The molecule has 3 unspecified atom stereocenters. The summed E-state index contributed by atoms with van der Waals surface area (Å²) in [6, 6.07) is 1.68. The van der Waals surface area contributed by atoms with Crippen molar-refractivity contribution in [3.8, 4) is 0 Å². The number of carboxylic acid groups (broad SMARTS) is 1. The monoisotopic (exact) mass is 283 g/mol. The Labute approximate surface area is 114 Å². The van der Waals surface area contributed by atoms with Gasteiger partial charge in [0.1, 0.15) is 17.3 Å². The van der Waals surface area contributed by atoms with Crippen LogP contribution < -0.4 is 4.90 Å². The Morgan fingerprint density at radius 1 is 1.20 bits per heavy atom. The lowest BCUT2D eigenvalue weighted by Gasteiger charge is -2.22. The van der Waals surface area contributed by atoms with Gasteiger partial charge in [-0.1, -0.05) is 0 Å². The molecule has 3 atom stereocenters. The standard InChI is InChI=1S/C14H15F2NO3/c15-10-3-8(14(19)20)4-11(16)13(10)17-5-7-1-2-12(18)9(7)6-17/h3-4,7,9,12,18H,1-2,5-6H2,(H,19,20). The molecule has 1 saturated carbocycles. The van der Waals surface area contributed by atoms with Crippen molar-refractivity contribution in [3.05, 3.63) is 29.3 Å². The third-order valence-electron chi connectivity index (χ3n) is 4.40. The van der Waals surface area contributed by atoms with Crippen LogP contribution in [0.5, 0.6) is 0 Å². The van der Waals surface area contributed by atoms with Crippen LogP contribution in [0, 0.1) is 23.5 Å². The number of aromatic carboxylic acids is 1. The van der Waals surface area contributed by atoms with Gasteiger partial charge in [-0.05, 0) is 30.9 Å². The quantitative estimate of drug-likeness (QED) is 0.870. The van der Waals surface area contributed by atoms with Crippen LogP contribution in [0.4, 0.5) is 14.5 Å². The van der Waals surface area contributed by atoms with Gasteiger partial charge < -0.3 is 15.1 Å². The Balaban J connectivity index is 1.90. The Hall–Kier alpha value is -1.69. The highest BCUT2D eigenvalue weighted by molar-refractivity contribution is 5.88. The fraction of sp³-hybridized carbons (Fsp3) is 0.500. The van der Waals surface area contributed by atoms with Crippen molar-refractivity contribution in [3.63, 3.8) is 0 Å². The largest absolute Gasteiger partial charge is 0.478 e. The van der Waals surface area contributed by atoms with E-state index in [1.165, 1.54) is 0 Å². The summed E-state index contributed by atoms with van der Waals surface area (Å²) in [6.07, 6.45) is 1.19. The maximum Gasteiger partial charge on any atom is 0.335 e. The van der Waals surface area contributed by atoms with E-state index in [2.05, 4.69) is 0 Å². The number of halogens is 2. The smallest absolute Gasteiger partial charge is 0.335 e. The zero-order valence-corrected chi connectivity index (χ0v) is 10.7. The molecule has 2 fully saturated rings. The lowest BCUT2D eigenvalue weighted by Crippen LogP contribution is -2.26. The number of hydrogen-bond acceptors (Lipinski definition) is 3. The second-order valence-corrected chi connectivity index (χ2v) is 5.57. The van der Waals surface area contributed by atoms with Crippen LogP contribution in [-0.2, 0) is 0 Å². The van der Waals surface area contributed by atoms with Gasteiger partial charge in [-0.3, -0.25) is 0 Å². The fourth-order valence-corrected chi connectivity index (χ4v) is 3.41. The second-order valence-electron chi connectivity index (χ2n) is 5.57. The van der Waals surface area contributed by atoms with E-state index < -0.39 is 29.3 Å². The molecule has 108 valence electrons. The van der Waals surface area contributed by atoms with Crippen molar-refractivity contribution in [2.24, 2.45) is 11.8 Å². The molecule has 0 radical (unpaired) electrons. The summed E-state index contributed by atoms with van der Waals surface area (Å²) in [7, 11) is 0. The van der Waals surface area contributed by atoms with Gasteiger partial charge in [-0.25, -0.2) is 13.6 Å². The number of anilines is 1. The first kappa shape index (κ1) is 13.3. The Kier molecular flexibility index (Phi) is 3.12. The lowest BCUT2D eigenvalue weighted by molar-refractivity contribution is 0.0695. The minimum absolute atomic E-state index is 0.0490. The fourth-order valence-electron chi connectivity index (χ4n) is 3.41. The van der Waals surface area contributed by atoms with Crippen LogP contribution in [0.1, 0.15) is 23.2 Å². The molecule has 1 aliphatic carbocycles. The zero-order chi connectivity index (χ0) is 14.4. The van der Waals surface area contributed by atoms with Crippen molar-refractivity contribution >= 4 is 11.7 Å². The summed E-state index contributed by atoms with van der Waals surface area (Å²) in [5, 5.41) is 18.6. The normalized spacial score (nSPS) is 28.8. The predicted molar refractivity (Wildman–Crippen MR) is 67.8 cm³/mol. The number of benzene rings is 1. The van der Waals surface area contributed by atoms with Gasteiger partial charge in [0.15, 0.2) is 0 Å². The Morgan fingerprint density at radius 3 is 2.40 bits per heavy atom. The van der Waals surface area contributed by atoms with Gasteiger partial charge in [-0.2, -0.15) is 0 Å². The molecule has 1 aliphatic heterocycles. The van der Waals surface area contributed by atoms with Crippen LogP contribution in [0.2, 0.25) is 0 Å². The van der Waals surface area contributed by atoms with E-state index in [9.17, 15) is 18.7 Å². The predicted octanol–water partition coefficient (Wildman–Crippen LogP) is 1.87. The van der Waals surface area contributed by atoms with Crippen LogP contribution in [-0.4, -0.2) is 35.4 Å². The molecular weight excluding hydrogens is 268 g/mol. The first-order chi connectivity index (χ1) is 9.47. The molecule has 1 heterocycles. The molecule has 0 bridgehead atoms. The van der Waals surface area contributed by atoms with Crippen molar-refractivity contribution in [2.75, 3.05) is 18.0 Å². The third kappa shape index (κ3) is 2.04. The summed E-state index contributed by atoms with van der Waals surface area (Å²) in [4.78, 5) is 12.3. The molecule has 20 heavy (non-hydrogen) atoms. The highest BCUT2D eigenvalue weighted by Gasteiger charge is 2.43. The molecule has 3 rings (SSSR count). The number of nitrogens with zero attached hydrogens (tertiary/aromatic N) is 1. The van der Waals surface area contributed by atoms with Crippen LogP contribution in [0.25, 0.3) is 0 Å². The molecule has 1 aromatic rings. The van der Waals surface area contributed by atoms with E-state index in [1.54, 1.807) is 4.90 Å². The number of carbonyl (C=O) groups is 1. The van der Waals surface area contributed by atoms with E-state index in [4.69, 9.17) is 5.11 Å². The van der Waals surface area contributed by atoms with Gasteiger partial charge in [0, 0.05) is 19.0 Å². The third-order valence-corrected chi connectivity index (χ3v) is 4.40. The van der Waals surface area contributed by atoms with Crippen molar-refractivity contribution < 1.29 is 23.8 Å². The van der Waals surface area contributed by atoms with Crippen LogP contribution in [0.3, 0.4) is 0 Å². The topological polar surface area (TPSA) is 60.8 Å². The summed E-state index contributed by atoms with van der Waals surface area (Å²) >= 11 is 0. The van der Waals surface area contributed by atoms with Crippen LogP contribution >= 0.6 is 0 Å². The first-order valence-corrected chi connectivity index (χ1v) is 6.62. The van der Waals surface area contributed by atoms with Gasteiger partial charge >= 0.3 is 5.97 Å². The van der Waals surface area contributed by atoms with Gasteiger partial charge in [0.25, 0.3) is 0 Å². The number of rotatable bonds is 2. The summed E-state index contributed by atoms with van der Waals surface area (Å²) < 4.78 is 28.0. The molecule has 6 heteroatoms. The summed E-state index contributed by atoms with van der Waals surface area (Å²) in [6.45, 7) is 0.911. The minimum atomic E-state index is -1.36. The summed E-state index contributed by atoms with van der Waals surface area (Å²) in [5.41, 5.74) is -0.584. The van der Waals surface area contributed by atoms with E-state index in [0.717, 1.165) is 25.0 Å². The zero-order valence-electron chi connectivity index (χ0n) is 10.7. The van der Waals surface area contributed by atoms with Crippen molar-refractivity contribution in [1.82, 2.24) is 0 Å². The van der Waals surface area contributed by atoms with E-state index in [0.29, 0.717) is 13.1 Å². The number of hydrogen-bond donors (Lipinski definition) is 2. The molecule has 2 aliphatic rings. The van der Waals surface area contributed by atoms with E-state index in [-0.39, 0.29) is 17.5 Å². The first-order valence-electron chi connectivity index (χ1n) is 6.62. The molecule has 0 aromatic heterocycles. The van der Waals surface area contributed by atoms with Gasteiger partial charge in [-0.15, -0.1) is 0 Å². The van der Waals surface area contributed by atoms with Crippen molar-refractivity contribution in [2.45, 2.75) is 18.9 Å². The number of aliphatic hydroxyl groups is 1. The van der Waals surface area contributed by atoms with E-state index in [1.807, 2.05) is 0 Å². The SMILES string of the molecule is O=C(O)c1cc(F)c(N2CC3CCC(O)C3C2)c(F)c1. The molecule has 1 aromatic carbocycles. The van der Waals surface area contributed by atoms with Gasteiger partial charge in [0.05, 0.1) is 11.7 Å². The lowest BCUT2D eigenvalue weighted by atomic mass is 10.00. The number of fused-ring (bicyclic) bond motifs is 1. The molecule has 4 nitrogen and oxygen atoms in total. The molecule has 0 spiro atoms. The molecule has 1 saturated heterocycles. The average Bonchev–Trinajstić information content (AvgIpc) is 2.91.